The monoisotopic (exact) mass is 1510 g/mol. The highest BCUT2D eigenvalue weighted by atomic mass is 16.5. The molecule has 27 nitrogen and oxygen atoms in total. The van der Waals surface area contributed by atoms with Gasteiger partial charge in [0.2, 0.25) is 11.8 Å². The second-order valence-electron chi connectivity index (χ2n) is 28.9. The van der Waals surface area contributed by atoms with Crippen molar-refractivity contribution < 1.29 is 58.0 Å². The number of hydrogen-bond acceptors (Lipinski definition) is 22. The van der Waals surface area contributed by atoms with Gasteiger partial charge in [-0.1, -0.05) is 42.5 Å². The van der Waals surface area contributed by atoms with Crippen LogP contribution in [0.1, 0.15) is 81.8 Å². The van der Waals surface area contributed by atoms with Gasteiger partial charge in [-0.25, -0.2) is 4.79 Å². The normalized spacial score (nSPS) is 19.8. The number of nitrogens with one attached hydrogen (secondary N) is 1. The van der Waals surface area contributed by atoms with Crippen molar-refractivity contribution in [3.05, 3.63) is 183 Å². The Balaban J connectivity index is 0.000000137. The Bertz CT molecular complexity index is 4450. The number of nitrogen functional groups attached to an aromatic ring is 7. The van der Waals surface area contributed by atoms with Gasteiger partial charge in [-0.15, -0.1) is 0 Å². The van der Waals surface area contributed by atoms with Gasteiger partial charge in [-0.05, 0) is 187 Å². The number of amides is 5. The third-order valence-corrected chi connectivity index (χ3v) is 21.2. The molecule has 3 aliphatic carbocycles. The molecular formula is C83H107N15O12. The Hall–Kier alpha value is -10.7. The van der Waals surface area contributed by atoms with Crippen LogP contribution >= 0.6 is 0 Å². The first-order valence-electron chi connectivity index (χ1n) is 37.6. The number of fused-ring (bicyclic) bond motifs is 7. The maximum atomic E-state index is 12.4. The summed E-state index contributed by atoms with van der Waals surface area (Å²) in [5.74, 6) is 1.52. The molecule has 16 rings (SSSR count). The van der Waals surface area contributed by atoms with E-state index in [4.69, 9.17) is 64.6 Å². The van der Waals surface area contributed by atoms with Crippen LogP contribution in [0.25, 0.3) is 0 Å². The minimum absolute atomic E-state index is 0.00287. The van der Waals surface area contributed by atoms with E-state index in [2.05, 4.69) is 27.2 Å². The fourth-order valence-corrected chi connectivity index (χ4v) is 15.0. The van der Waals surface area contributed by atoms with E-state index in [1.165, 1.54) is 16.7 Å². The van der Waals surface area contributed by atoms with Crippen LogP contribution < -0.4 is 60.0 Å². The Morgan fingerprint density at radius 3 is 1.55 bits per heavy atom. The summed E-state index contributed by atoms with van der Waals surface area (Å²) >= 11 is 0. The summed E-state index contributed by atoms with van der Waals surface area (Å²) in [6.45, 7) is 10.7. The third kappa shape index (κ3) is 20.8. The first-order valence-corrected chi connectivity index (χ1v) is 37.6. The summed E-state index contributed by atoms with van der Waals surface area (Å²) in [7, 11) is 7.27. The molecule has 2 saturated heterocycles. The molecule has 6 heterocycles. The molecule has 3 unspecified atom stereocenters. The standard InChI is InChI=1S/C15H20N2O2.C14H18N2O2.C14H20N2O2.C11H14N2O2.C10H13N3O.C10H12N2O.C9H10N2O2/c16-13-3-2-11-9-14(15(18)10-12(11)8-13)17-4-1-6-19-7-5-17;15-12-2-1-10-8-13(14(17)9-11(10)7-12)16-3-5-18-6-4-16;1-16(5-2-6-17)13-8-10-3-4-12(15)7-11(10)9-14(13)18;12-10-2-1-8-7-13(3-4-14)11(15)6-9(8)5-10;1-12-6-7-8(11)4-3-5-9(7)13(2)10(12)14;1-12-9-4-2-3-8(11)7(9)5-6-10(12)13;1-5-9(12)11-7-4-2-3-6(10)8(7)13-5/h2-3,8,14H,1,4-7,9-10,16H2;1-2,7,13H,3-6,8-9,15H2;3-4,7,13,17H,2,5-6,8-9,15H2,1H3;1-2,5,14H,3-4,6-7,12H2;3-5H,6,11H2,1-2H3;2-4H,5-6,11H2,1H3;2-5H,10H2,1H3,(H,11,12)/t;;;;;;5-/m......1/s1. The van der Waals surface area contributed by atoms with Gasteiger partial charge in [0.15, 0.2) is 29.2 Å². The van der Waals surface area contributed by atoms with E-state index >= 15 is 0 Å². The molecule has 0 radical (unpaired) electrons. The topological polar surface area (TPSA) is 404 Å². The minimum atomic E-state index is -0.475. The number of nitrogens with zero attached hydrogens (tertiary/aromatic N) is 7. The van der Waals surface area contributed by atoms with Crippen molar-refractivity contribution in [3.63, 3.8) is 0 Å². The molecule has 17 N–H and O–H groups in total. The fraction of sp³-hybridized carbons (Fsp3) is 0.410. The maximum absolute atomic E-state index is 12.4. The lowest BCUT2D eigenvalue weighted by Crippen LogP contribution is -2.50. The number of benzene rings is 7. The van der Waals surface area contributed by atoms with Crippen LogP contribution in [0.3, 0.4) is 0 Å². The number of urea groups is 1. The van der Waals surface area contributed by atoms with E-state index in [-0.39, 0.29) is 60.9 Å². The number of morpholine rings is 1. The first-order chi connectivity index (χ1) is 52.8. The van der Waals surface area contributed by atoms with Crippen LogP contribution in [0.2, 0.25) is 0 Å². The van der Waals surface area contributed by atoms with Gasteiger partial charge >= 0.3 is 6.03 Å². The van der Waals surface area contributed by atoms with Gasteiger partial charge in [0.25, 0.3) is 5.91 Å². The van der Waals surface area contributed by atoms with E-state index in [0.29, 0.717) is 98.2 Å². The van der Waals surface area contributed by atoms with Crippen molar-refractivity contribution >= 4 is 98.0 Å². The number of hydrogen-bond donors (Lipinski definition) is 10. The van der Waals surface area contributed by atoms with E-state index in [1.807, 2.05) is 109 Å². The first kappa shape index (κ1) is 81.9. The van der Waals surface area contributed by atoms with E-state index in [0.717, 1.165) is 164 Å². The second-order valence-corrected chi connectivity index (χ2v) is 28.9. The summed E-state index contributed by atoms with van der Waals surface area (Å²) < 4.78 is 16.1. The molecule has 0 aromatic heterocycles. The molecule has 5 amide bonds. The lowest BCUT2D eigenvalue weighted by Gasteiger charge is -2.36. The van der Waals surface area contributed by atoms with Crippen molar-refractivity contribution in [2.75, 3.05) is 162 Å². The summed E-state index contributed by atoms with van der Waals surface area (Å²) in [6.07, 6.45) is 6.84. The molecule has 110 heavy (non-hydrogen) atoms. The molecule has 9 aliphatic rings. The molecule has 586 valence electrons. The minimum Gasteiger partial charge on any atom is -0.477 e. The number of β-amino-alcohol motifs (C(OH)–C–C–N with tert-alkyl or cyclic N) is 1. The van der Waals surface area contributed by atoms with E-state index in [1.54, 1.807) is 65.9 Å². The number of anilines is 10. The molecule has 0 bridgehead atoms. The number of Topliss-reactive ketones (excluding diaryl/α,β-unsaturated/α-hetero) is 3. The maximum Gasteiger partial charge on any atom is 0.324 e. The summed E-state index contributed by atoms with van der Waals surface area (Å²) in [4.78, 5) is 95.7. The Kier molecular flexibility index (Phi) is 28.4. The zero-order valence-corrected chi connectivity index (χ0v) is 63.8. The van der Waals surface area contributed by atoms with E-state index < -0.39 is 6.10 Å². The molecule has 4 atom stereocenters. The fourth-order valence-electron chi connectivity index (χ4n) is 15.0. The van der Waals surface area contributed by atoms with Gasteiger partial charge in [-0.3, -0.25) is 48.4 Å². The van der Waals surface area contributed by atoms with Gasteiger partial charge < -0.3 is 84.6 Å². The van der Waals surface area contributed by atoms with Crippen LogP contribution in [0.15, 0.2) is 127 Å². The molecule has 7 aromatic rings. The predicted molar refractivity (Wildman–Crippen MR) is 430 cm³/mol. The Morgan fingerprint density at radius 2 is 0.991 bits per heavy atom. The Labute approximate surface area is 643 Å². The molecule has 7 aromatic carbocycles. The SMILES string of the molecule is CN(CCCO)C1Cc2ccc(N)cc2CC1=O.CN1C(=O)CCc2c(N)cccc21.CN1Cc2c(N)cccc2N(C)C1=O.C[C@H]1Oc2c(N)cccc2NC1=O.Nc1ccc2c(c1)CC(=O)C(N1CCCOCC1)C2.Nc1ccc2c(c1)CC(=O)C(N1CCOCC1)C2.Nc1ccc2c(c1)CC(=O)N(CCO)C2. The lowest BCUT2D eigenvalue weighted by molar-refractivity contribution is -0.132. The van der Waals surface area contributed by atoms with Gasteiger partial charge in [0.1, 0.15) is 0 Å². The summed E-state index contributed by atoms with van der Waals surface area (Å²) in [6, 6.07) is 39.9. The third-order valence-electron chi connectivity index (χ3n) is 21.2. The molecular weight excluding hydrogens is 1400 g/mol. The van der Waals surface area contributed by atoms with Crippen LogP contribution in [-0.4, -0.2) is 207 Å². The predicted octanol–water partition coefficient (Wildman–Crippen LogP) is 5.87. The van der Waals surface area contributed by atoms with Crippen LogP contribution in [0, 0.1) is 0 Å². The number of ketones is 3. The zero-order valence-electron chi connectivity index (χ0n) is 63.8. The van der Waals surface area contributed by atoms with Crippen molar-refractivity contribution in [2.24, 2.45) is 0 Å². The zero-order chi connectivity index (χ0) is 78.9. The largest absolute Gasteiger partial charge is 0.477 e. The highest BCUT2D eigenvalue weighted by Crippen LogP contribution is 2.36. The van der Waals surface area contributed by atoms with Crippen molar-refractivity contribution in [3.8, 4) is 5.75 Å². The summed E-state index contributed by atoms with van der Waals surface area (Å²) in [5.41, 5.74) is 59.0. The van der Waals surface area contributed by atoms with Crippen LogP contribution in [0.5, 0.6) is 5.75 Å². The number of carbonyl (C=O) groups excluding carboxylic acids is 7. The molecule has 2 fully saturated rings. The lowest BCUT2D eigenvalue weighted by atomic mass is 9.86. The number of carbonyl (C=O) groups is 7. The number of rotatable bonds is 8. The number of ether oxygens (including phenoxy) is 3. The van der Waals surface area contributed by atoms with Crippen LogP contribution in [-0.2, 0) is 103 Å². The molecule has 6 aliphatic heterocycles. The molecule has 27 heteroatoms. The van der Waals surface area contributed by atoms with E-state index in [9.17, 15) is 33.6 Å². The smallest absolute Gasteiger partial charge is 0.324 e. The number of aliphatic hydroxyl groups is 2. The average molecular weight is 1510 g/mol. The van der Waals surface area contributed by atoms with Gasteiger partial charge in [-0.2, -0.15) is 0 Å². The molecule has 0 saturated carbocycles. The Morgan fingerprint density at radius 1 is 0.500 bits per heavy atom. The number of likely N-dealkylation sites (N-methyl/N-ethyl adjacent to an activating group) is 1. The van der Waals surface area contributed by atoms with Crippen LogP contribution in [0.4, 0.5) is 61.7 Å². The van der Waals surface area contributed by atoms with Crippen molar-refractivity contribution in [1.29, 1.82) is 0 Å². The number of nitrogens with two attached hydrogens (primary N) is 7. The number of para-hydroxylation sites is 1. The summed E-state index contributed by atoms with van der Waals surface area (Å²) in [5, 5.41) is 20.4. The highest BCUT2D eigenvalue weighted by Gasteiger charge is 2.35. The number of aliphatic hydroxyl groups excluding tert-OH is 2. The second kappa shape index (κ2) is 38.1. The molecule has 0 spiro atoms. The van der Waals surface area contributed by atoms with Crippen molar-refractivity contribution in [2.45, 2.75) is 115 Å². The highest BCUT2D eigenvalue weighted by molar-refractivity contribution is 5.99. The quantitative estimate of drug-likeness (QED) is 0.0795. The average Bonchev–Trinajstić information content (AvgIpc) is 0.870. The van der Waals surface area contributed by atoms with Crippen molar-refractivity contribution in [1.82, 2.24) is 24.5 Å². The van der Waals surface area contributed by atoms with Gasteiger partial charge in [0.05, 0.1) is 74.6 Å². The van der Waals surface area contributed by atoms with Gasteiger partial charge in [0, 0.05) is 151 Å².